The van der Waals surface area contributed by atoms with E-state index >= 15 is 0 Å². The third-order valence-corrected chi connectivity index (χ3v) is 5.89. The molecule has 0 spiro atoms. The average molecular weight is 429 g/mol. The van der Waals surface area contributed by atoms with Gasteiger partial charge in [-0.15, -0.1) is 0 Å². The summed E-state index contributed by atoms with van der Waals surface area (Å²) in [5.74, 6) is 1.08. The lowest BCUT2D eigenvalue weighted by Crippen LogP contribution is -2.12. The Morgan fingerprint density at radius 3 is 2.07 bits per heavy atom. The average Bonchev–Trinajstić information content (AvgIpc) is 2.69. The summed E-state index contributed by atoms with van der Waals surface area (Å²) in [6.45, 7) is 7.11. The van der Waals surface area contributed by atoms with Crippen LogP contribution in [0.5, 0.6) is 5.75 Å². The van der Waals surface area contributed by atoms with Crippen LogP contribution in [-0.4, -0.2) is 29.1 Å². The van der Waals surface area contributed by atoms with Crippen LogP contribution < -0.4 is 14.8 Å². The fourth-order valence-corrected chi connectivity index (χ4v) is 4.12. The second-order valence-electron chi connectivity index (χ2n) is 7.84. The van der Waals surface area contributed by atoms with Crippen LogP contribution in [0.4, 0.5) is 5.69 Å². The molecule has 2 N–H and O–H groups in total. The highest BCUT2D eigenvalue weighted by Crippen LogP contribution is 2.31. The van der Waals surface area contributed by atoms with Crippen molar-refractivity contribution in [2.24, 2.45) is 11.7 Å². The SMILES string of the molecule is CC(C)CCN.Cc1ccc(OS(=O)(=O)c2cccc3c(N(C)C)cccc23)cc1. The Bertz CT molecular complexity index is 1060. The fourth-order valence-electron chi connectivity index (χ4n) is 2.97. The van der Waals surface area contributed by atoms with E-state index in [9.17, 15) is 8.42 Å². The van der Waals surface area contributed by atoms with E-state index in [0.29, 0.717) is 11.1 Å². The summed E-state index contributed by atoms with van der Waals surface area (Å²) in [6, 6.07) is 17.8. The van der Waals surface area contributed by atoms with E-state index in [0.717, 1.165) is 35.5 Å². The second kappa shape index (κ2) is 10.5. The molecule has 30 heavy (non-hydrogen) atoms. The van der Waals surface area contributed by atoms with Crippen LogP contribution in [0.3, 0.4) is 0 Å². The maximum absolute atomic E-state index is 12.7. The van der Waals surface area contributed by atoms with Crippen molar-refractivity contribution in [3.05, 3.63) is 66.2 Å². The van der Waals surface area contributed by atoms with Crippen molar-refractivity contribution in [1.29, 1.82) is 0 Å². The van der Waals surface area contributed by atoms with Gasteiger partial charge in [-0.3, -0.25) is 0 Å². The number of hydrogen-bond acceptors (Lipinski definition) is 5. The minimum Gasteiger partial charge on any atom is -0.379 e. The molecule has 6 heteroatoms. The summed E-state index contributed by atoms with van der Waals surface area (Å²) in [5, 5.41) is 1.52. The van der Waals surface area contributed by atoms with Gasteiger partial charge in [0.25, 0.3) is 0 Å². The first-order valence-electron chi connectivity index (χ1n) is 10.1. The minimum atomic E-state index is -3.91. The highest BCUT2D eigenvalue weighted by atomic mass is 32.2. The van der Waals surface area contributed by atoms with Gasteiger partial charge in [-0.05, 0) is 50.1 Å². The zero-order valence-corrected chi connectivity index (χ0v) is 19.2. The molecule has 5 nitrogen and oxygen atoms in total. The number of fused-ring (bicyclic) bond motifs is 1. The molecular formula is C24H32N2O3S. The van der Waals surface area contributed by atoms with Crippen molar-refractivity contribution in [2.45, 2.75) is 32.1 Å². The van der Waals surface area contributed by atoms with Crippen molar-refractivity contribution < 1.29 is 12.6 Å². The maximum atomic E-state index is 12.7. The molecule has 0 fully saturated rings. The van der Waals surface area contributed by atoms with Crippen LogP contribution in [0.1, 0.15) is 25.8 Å². The molecule has 3 aromatic rings. The van der Waals surface area contributed by atoms with Crippen LogP contribution >= 0.6 is 0 Å². The summed E-state index contributed by atoms with van der Waals surface area (Å²) in [7, 11) is -0.0551. The molecule has 3 aromatic carbocycles. The Kier molecular flexibility index (Phi) is 8.26. The molecule has 3 rings (SSSR count). The molecule has 0 aromatic heterocycles. The van der Waals surface area contributed by atoms with Crippen molar-refractivity contribution in [3.8, 4) is 5.75 Å². The van der Waals surface area contributed by atoms with E-state index in [2.05, 4.69) is 13.8 Å². The van der Waals surface area contributed by atoms with Gasteiger partial charge in [0.05, 0.1) is 0 Å². The second-order valence-corrected chi connectivity index (χ2v) is 9.36. The maximum Gasteiger partial charge on any atom is 0.339 e. The number of hydrogen-bond donors (Lipinski definition) is 1. The Morgan fingerprint density at radius 2 is 1.53 bits per heavy atom. The summed E-state index contributed by atoms with van der Waals surface area (Å²) in [5.41, 5.74) is 7.23. The molecule has 0 bridgehead atoms. The molecule has 0 aliphatic rings. The van der Waals surface area contributed by atoms with Crippen LogP contribution in [0.2, 0.25) is 0 Å². The number of nitrogens with zero attached hydrogens (tertiary/aromatic N) is 1. The zero-order valence-electron chi connectivity index (χ0n) is 18.4. The van der Waals surface area contributed by atoms with Crippen LogP contribution in [0.15, 0.2) is 65.6 Å². The van der Waals surface area contributed by atoms with E-state index < -0.39 is 10.1 Å². The monoisotopic (exact) mass is 428 g/mol. The summed E-state index contributed by atoms with van der Waals surface area (Å²) in [6.07, 6.45) is 1.15. The molecule has 0 aliphatic heterocycles. The predicted octanol–water partition coefficient (Wildman–Crippen LogP) is 4.97. The van der Waals surface area contributed by atoms with E-state index in [-0.39, 0.29) is 4.90 Å². The quantitative estimate of drug-likeness (QED) is 0.561. The van der Waals surface area contributed by atoms with Crippen molar-refractivity contribution in [2.75, 3.05) is 25.5 Å². The van der Waals surface area contributed by atoms with Crippen molar-refractivity contribution in [1.82, 2.24) is 0 Å². The van der Waals surface area contributed by atoms with Gasteiger partial charge >= 0.3 is 10.1 Å². The first kappa shape index (κ1) is 23.7. The Hall–Kier alpha value is -2.57. The molecule has 0 unspecified atom stereocenters. The van der Waals surface area contributed by atoms with Crippen LogP contribution in [0.25, 0.3) is 10.8 Å². The first-order chi connectivity index (χ1) is 14.2. The van der Waals surface area contributed by atoms with Gasteiger partial charge in [-0.1, -0.05) is 55.8 Å². The van der Waals surface area contributed by atoms with Crippen molar-refractivity contribution >= 4 is 26.6 Å². The lowest BCUT2D eigenvalue weighted by molar-refractivity contribution is 0.487. The normalized spacial score (nSPS) is 11.2. The van der Waals surface area contributed by atoms with E-state index in [1.54, 1.807) is 30.3 Å². The summed E-state index contributed by atoms with van der Waals surface area (Å²) >= 11 is 0. The molecule has 162 valence electrons. The fraction of sp³-hybridized carbons (Fsp3) is 0.333. The van der Waals surface area contributed by atoms with Gasteiger partial charge in [0.15, 0.2) is 0 Å². The Labute approximate surface area is 180 Å². The first-order valence-corrected chi connectivity index (χ1v) is 11.5. The number of rotatable bonds is 6. The Morgan fingerprint density at radius 1 is 0.933 bits per heavy atom. The molecule has 0 heterocycles. The number of benzene rings is 3. The predicted molar refractivity (Wildman–Crippen MR) is 126 cm³/mol. The largest absolute Gasteiger partial charge is 0.379 e. The van der Waals surface area contributed by atoms with Gasteiger partial charge in [-0.25, -0.2) is 0 Å². The molecular weight excluding hydrogens is 396 g/mol. The van der Waals surface area contributed by atoms with Crippen LogP contribution in [-0.2, 0) is 10.1 Å². The van der Waals surface area contributed by atoms with Crippen LogP contribution in [0, 0.1) is 12.8 Å². The van der Waals surface area contributed by atoms with Gasteiger partial charge in [-0.2, -0.15) is 8.42 Å². The number of aryl methyl sites for hydroxylation is 1. The molecule has 0 aliphatic carbocycles. The lowest BCUT2D eigenvalue weighted by Gasteiger charge is -2.17. The third kappa shape index (κ3) is 6.21. The summed E-state index contributed by atoms with van der Waals surface area (Å²) in [4.78, 5) is 2.13. The number of anilines is 1. The summed E-state index contributed by atoms with van der Waals surface area (Å²) < 4.78 is 30.8. The minimum absolute atomic E-state index is 0.171. The van der Waals surface area contributed by atoms with E-state index in [4.69, 9.17) is 9.92 Å². The Balaban J connectivity index is 0.000000469. The third-order valence-electron chi connectivity index (χ3n) is 4.58. The topological polar surface area (TPSA) is 72.6 Å². The van der Waals surface area contributed by atoms with Gasteiger partial charge in [0.2, 0.25) is 0 Å². The molecule has 0 atom stereocenters. The van der Waals surface area contributed by atoms with Crippen molar-refractivity contribution in [3.63, 3.8) is 0 Å². The molecule has 0 saturated heterocycles. The van der Waals surface area contributed by atoms with Gasteiger partial charge < -0.3 is 14.8 Å². The standard InChI is InChI=1S/C19H19NO3S.C5H13N/c1-14-10-12-15(13-11-14)23-24(21,22)19-9-5-6-16-17(19)7-4-8-18(16)20(2)3;1-5(2)3-4-6/h4-13H,1-3H3;5H,3-4,6H2,1-2H3. The highest BCUT2D eigenvalue weighted by Gasteiger charge is 2.20. The van der Waals surface area contributed by atoms with E-state index in [1.165, 1.54) is 0 Å². The molecule has 0 saturated carbocycles. The number of nitrogens with two attached hydrogens (primary N) is 1. The molecule has 0 radical (unpaired) electrons. The zero-order chi connectivity index (χ0) is 22.3. The molecule has 0 amide bonds. The van der Waals surface area contributed by atoms with E-state index in [1.807, 2.05) is 56.3 Å². The lowest BCUT2D eigenvalue weighted by atomic mass is 10.1. The van der Waals surface area contributed by atoms with Gasteiger partial charge in [0, 0.05) is 30.6 Å². The van der Waals surface area contributed by atoms with Gasteiger partial charge in [0.1, 0.15) is 10.6 Å². The smallest absolute Gasteiger partial charge is 0.339 e. The highest BCUT2D eigenvalue weighted by molar-refractivity contribution is 7.87.